The molecular weight excluding hydrogens is 335 g/mol. The number of benzene rings is 1. The van der Waals surface area contributed by atoms with Crippen molar-refractivity contribution >= 4 is 21.8 Å². The molecule has 0 atom stereocenters. The molecule has 0 aliphatic carbocycles. The van der Waals surface area contributed by atoms with Crippen LogP contribution in [0.1, 0.15) is 49.5 Å². The van der Waals surface area contributed by atoms with Crippen LogP contribution in [-0.2, 0) is 6.18 Å². The average Bonchev–Trinajstić information content (AvgIpc) is 2.37. The number of hydrogen-bond acceptors (Lipinski definition) is 1. The predicted octanol–water partition coefficient (Wildman–Crippen LogP) is 4.78. The molecule has 0 saturated heterocycles. The van der Waals surface area contributed by atoms with E-state index in [2.05, 4.69) is 21.2 Å². The smallest absolute Gasteiger partial charge is 0.347 e. The predicted molar refractivity (Wildman–Crippen MR) is 75.6 cm³/mol. The quantitative estimate of drug-likeness (QED) is 0.831. The molecule has 0 fully saturated rings. The summed E-state index contributed by atoms with van der Waals surface area (Å²) in [5.74, 6) is -0.505. The number of alkyl halides is 3. The highest BCUT2D eigenvalue weighted by atomic mass is 79.9. The molecule has 1 rings (SSSR count). The van der Waals surface area contributed by atoms with Crippen LogP contribution in [0, 0.1) is 0 Å². The summed E-state index contributed by atoms with van der Waals surface area (Å²) in [6, 6.07) is 3.05. The third-order valence-corrected chi connectivity index (χ3v) is 4.21. The van der Waals surface area contributed by atoms with Crippen molar-refractivity contribution in [2.24, 2.45) is 0 Å². The van der Waals surface area contributed by atoms with Gasteiger partial charge in [-0.2, -0.15) is 13.2 Å². The molecular formula is C14H17BrF3NO. The Kier molecular flexibility index (Phi) is 5.24. The first-order valence-electron chi connectivity index (χ1n) is 6.32. The summed E-state index contributed by atoms with van der Waals surface area (Å²) in [6.45, 7) is 5.71. The Balaban J connectivity index is 3.10. The van der Waals surface area contributed by atoms with E-state index >= 15 is 0 Å². The largest absolute Gasteiger partial charge is 0.416 e. The van der Waals surface area contributed by atoms with Gasteiger partial charge in [0.25, 0.3) is 5.91 Å². The van der Waals surface area contributed by atoms with Crippen LogP contribution in [0.2, 0.25) is 0 Å². The molecule has 112 valence electrons. The summed E-state index contributed by atoms with van der Waals surface area (Å²) < 4.78 is 38.4. The van der Waals surface area contributed by atoms with Crippen LogP contribution >= 0.6 is 15.9 Å². The summed E-state index contributed by atoms with van der Waals surface area (Å²) in [5, 5.41) is 2.79. The van der Waals surface area contributed by atoms with E-state index in [4.69, 9.17) is 0 Å². The zero-order valence-electron chi connectivity index (χ0n) is 11.6. The first-order chi connectivity index (χ1) is 9.13. The van der Waals surface area contributed by atoms with Gasteiger partial charge in [-0.3, -0.25) is 4.79 Å². The van der Waals surface area contributed by atoms with E-state index < -0.39 is 23.2 Å². The van der Waals surface area contributed by atoms with E-state index in [1.54, 1.807) is 0 Å². The number of rotatable bonds is 4. The minimum Gasteiger partial charge on any atom is -0.347 e. The second-order valence-electron chi connectivity index (χ2n) is 4.91. The number of nitrogens with one attached hydrogen (secondary N) is 1. The third kappa shape index (κ3) is 3.98. The van der Waals surface area contributed by atoms with Gasteiger partial charge in [-0.05, 0) is 53.9 Å². The first-order valence-corrected chi connectivity index (χ1v) is 7.11. The lowest BCUT2D eigenvalue weighted by atomic mass is 9.95. The van der Waals surface area contributed by atoms with Crippen molar-refractivity contribution in [2.75, 3.05) is 0 Å². The zero-order valence-corrected chi connectivity index (χ0v) is 13.2. The van der Waals surface area contributed by atoms with Gasteiger partial charge in [0.05, 0.1) is 11.1 Å². The van der Waals surface area contributed by atoms with E-state index in [0.29, 0.717) is 17.3 Å². The van der Waals surface area contributed by atoms with Crippen molar-refractivity contribution in [3.05, 3.63) is 33.8 Å². The van der Waals surface area contributed by atoms with Crippen LogP contribution in [0.15, 0.2) is 22.7 Å². The van der Waals surface area contributed by atoms with Gasteiger partial charge in [0, 0.05) is 10.0 Å². The standard InChI is InChI=1S/C14H17BrF3NO/c1-4-13(3,5-2)19-12(20)10-8-9(14(16,17)18)6-7-11(10)15/h6-8H,4-5H2,1-3H3,(H,19,20). The van der Waals surface area contributed by atoms with E-state index in [-0.39, 0.29) is 5.56 Å². The molecule has 0 unspecified atom stereocenters. The fourth-order valence-electron chi connectivity index (χ4n) is 1.64. The molecule has 1 aromatic rings. The minimum atomic E-state index is -4.46. The summed E-state index contributed by atoms with van der Waals surface area (Å²) in [7, 11) is 0. The Morgan fingerprint density at radius 2 is 1.80 bits per heavy atom. The molecule has 0 spiro atoms. The fraction of sp³-hybridized carbons (Fsp3) is 0.500. The third-order valence-electron chi connectivity index (χ3n) is 3.51. The number of amides is 1. The summed E-state index contributed by atoms with van der Waals surface area (Å²) in [6.07, 6.45) is -3.06. The number of hydrogen-bond donors (Lipinski definition) is 1. The molecule has 2 nitrogen and oxygen atoms in total. The average molecular weight is 352 g/mol. The monoisotopic (exact) mass is 351 g/mol. The first kappa shape index (κ1) is 17.0. The summed E-state index contributed by atoms with van der Waals surface area (Å²) in [5.41, 5.74) is -1.27. The van der Waals surface area contributed by atoms with Crippen LogP contribution in [0.5, 0.6) is 0 Å². The number of carbonyl (C=O) groups excluding carboxylic acids is 1. The summed E-state index contributed by atoms with van der Waals surface area (Å²) >= 11 is 3.12. The fourth-order valence-corrected chi connectivity index (χ4v) is 2.07. The van der Waals surface area contributed by atoms with Crippen LogP contribution in [0.3, 0.4) is 0 Å². The highest BCUT2D eigenvalue weighted by Gasteiger charge is 2.32. The molecule has 1 amide bonds. The molecule has 0 bridgehead atoms. The molecule has 0 aliphatic rings. The van der Waals surface area contributed by atoms with E-state index in [1.807, 2.05) is 20.8 Å². The van der Waals surface area contributed by atoms with Gasteiger partial charge in [0.1, 0.15) is 0 Å². The van der Waals surface area contributed by atoms with Gasteiger partial charge in [-0.1, -0.05) is 13.8 Å². The van der Waals surface area contributed by atoms with Gasteiger partial charge in [0.15, 0.2) is 0 Å². The molecule has 0 aliphatic heterocycles. The van der Waals surface area contributed by atoms with Gasteiger partial charge < -0.3 is 5.32 Å². The molecule has 6 heteroatoms. The zero-order chi connectivity index (χ0) is 15.6. The van der Waals surface area contributed by atoms with Crippen LogP contribution in [0.25, 0.3) is 0 Å². The van der Waals surface area contributed by atoms with E-state index in [1.165, 1.54) is 6.07 Å². The molecule has 1 N–H and O–H groups in total. The minimum absolute atomic E-state index is 0.00653. The van der Waals surface area contributed by atoms with Crippen LogP contribution < -0.4 is 5.32 Å². The second-order valence-corrected chi connectivity index (χ2v) is 5.77. The van der Waals surface area contributed by atoms with Crippen molar-refractivity contribution in [1.29, 1.82) is 0 Å². The van der Waals surface area contributed by atoms with Gasteiger partial charge in [-0.15, -0.1) is 0 Å². The lowest BCUT2D eigenvalue weighted by Crippen LogP contribution is -2.45. The highest BCUT2D eigenvalue weighted by molar-refractivity contribution is 9.10. The lowest BCUT2D eigenvalue weighted by molar-refractivity contribution is -0.137. The van der Waals surface area contributed by atoms with Crippen molar-refractivity contribution in [3.63, 3.8) is 0 Å². The molecule has 20 heavy (non-hydrogen) atoms. The molecule has 1 aromatic carbocycles. The maximum absolute atomic E-state index is 12.7. The molecule has 0 radical (unpaired) electrons. The maximum atomic E-state index is 12.7. The van der Waals surface area contributed by atoms with Crippen molar-refractivity contribution in [1.82, 2.24) is 5.32 Å². The van der Waals surface area contributed by atoms with Crippen molar-refractivity contribution < 1.29 is 18.0 Å². The topological polar surface area (TPSA) is 29.1 Å². The van der Waals surface area contributed by atoms with Crippen molar-refractivity contribution in [3.8, 4) is 0 Å². The SMILES string of the molecule is CCC(C)(CC)NC(=O)c1cc(C(F)(F)F)ccc1Br. The molecule has 0 saturated carbocycles. The van der Waals surface area contributed by atoms with E-state index in [0.717, 1.165) is 12.1 Å². The Morgan fingerprint density at radius 1 is 1.25 bits per heavy atom. The Bertz CT molecular complexity index is 496. The van der Waals surface area contributed by atoms with Gasteiger partial charge in [-0.25, -0.2) is 0 Å². The number of carbonyl (C=O) groups is 1. The molecule has 0 aromatic heterocycles. The Morgan fingerprint density at radius 3 is 2.25 bits per heavy atom. The Hall–Kier alpha value is -1.04. The second kappa shape index (κ2) is 6.16. The highest BCUT2D eigenvalue weighted by Crippen LogP contribution is 2.32. The van der Waals surface area contributed by atoms with Gasteiger partial charge >= 0.3 is 6.18 Å². The number of halogens is 4. The lowest BCUT2D eigenvalue weighted by Gasteiger charge is -2.28. The summed E-state index contributed by atoms with van der Waals surface area (Å²) in [4.78, 5) is 12.2. The van der Waals surface area contributed by atoms with Crippen LogP contribution in [-0.4, -0.2) is 11.4 Å². The van der Waals surface area contributed by atoms with E-state index in [9.17, 15) is 18.0 Å². The molecule has 0 heterocycles. The Labute approximate surface area is 124 Å². The maximum Gasteiger partial charge on any atom is 0.416 e. The normalized spacial score (nSPS) is 12.3. The van der Waals surface area contributed by atoms with Gasteiger partial charge in [0.2, 0.25) is 0 Å². The van der Waals surface area contributed by atoms with Crippen LogP contribution in [0.4, 0.5) is 13.2 Å². The van der Waals surface area contributed by atoms with Crippen molar-refractivity contribution in [2.45, 2.75) is 45.3 Å².